The van der Waals surface area contributed by atoms with E-state index in [0.717, 1.165) is 4.31 Å². The molecule has 0 bridgehead atoms. The van der Waals surface area contributed by atoms with E-state index in [9.17, 15) is 16.8 Å². The van der Waals surface area contributed by atoms with Gasteiger partial charge in [0.25, 0.3) is 0 Å². The fourth-order valence-electron chi connectivity index (χ4n) is 2.14. The highest BCUT2D eigenvalue weighted by Gasteiger charge is 2.37. The Morgan fingerprint density at radius 3 is 2.55 bits per heavy atom. The third-order valence-electron chi connectivity index (χ3n) is 3.34. The Kier molecular flexibility index (Phi) is 4.03. The van der Waals surface area contributed by atoms with Crippen molar-refractivity contribution in [3.63, 3.8) is 0 Å². The molecule has 0 amide bonds. The minimum atomic E-state index is -3.84. The predicted molar refractivity (Wildman–Crippen MR) is 77.9 cm³/mol. The van der Waals surface area contributed by atoms with Crippen LogP contribution in [0.3, 0.4) is 0 Å². The molecular formula is C11H15ClN2O4S2. The number of nitrogens with two attached hydrogens (primary N) is 1. The third-order valence-corrected chi connectivity index (χ3v) is 7.48. The van der Waals surface area contributed by atoms with E-state index in [-0.39, 0.29) is 21.4 Å². The number of sulfone groups is 1. The van der Waals surface area contributed by atoms with Crippen LogP contribution in [-0.4, -0.2) is 45.7 Å². The van der Waals surface area contributed by atoms with Gasteiger partial charge in [-0.15, -0.1) is 0 Å². The highest BCUT2D eigenvalue weighted by atomic mass is 35.5. The SMILES string of the molecule is CN(C1CCS(=O)(=O)C1)S(=O)(=O)c1ccc(N)cc1Cl. The molecular weight excluding hydrogens is 324 g/mol. The van der Waals surface area contributed by atoms with Crippen molar-refractivity contribution in [2.75, 3.05) is 24.3 Å². The first-order valence-electron chi connectivity index (χ1n) is 5.87. The number of sulfonamides is 1. The zero-order valence-corrected chi connectivity index (χ0v) is 13.2. The summed E-state index contributed by atoms with van der Waals surface area (Å²) in [7, 11) is -5.63. The third kappa shape index (κ3) is 2.93. The molecule has 1 aliphatic heterocycles. The molecule has 6 nitrogen and oxygen atoms in total. The van der Waals surface area contributed by atoms with Crippen molar-refractivity contribution in [2.24, 2.45) is 0 Å². The van der Waals surface area contributed by atoms with E-state index in [1.165, 1.54) is 25.2 Å². The van der Waals surface area contributed by atoms with Crippen LogP contribution in [0.15, 0.2) is 23.1 Å². The molecule has 0 aliphatic carbocycles. The normalized spacial score (nSPS) is 22.2. The fourth-order valence-corrected chi connectivity index (χ4v) is 5.92. The summed E-state index contributed by atoms with van der Waals surface area (Å²) >= 11 is 5.92. The van der Waals surface area contributed by atoms with Gasteiger partial charge >= 0.3 is 0 Å². The number of rotatable bonds is 3. The van der Waals surface area contributed by atoms with Crippen LogP contribution in [0.5, 0.6) is 0 Å². The first-order chi connectivity index (χ1) is 9.13. The van der Waals surface area contributed by atoms with Crippen LogP contribution in [0.2, 0.25) is 5.02 Å². The molecule has 0 aromatic heterocycles. The smallest absolute Gasteiger partial charge is 0.244 e. The number of benzene rings is 1. The number of hydrogen-bond donors (Lipinski definition) is 1. The van der Waals surface area contributed by atoms with Gasteiger partial charge < -0.3 is 5.73 Å². The van der Waals surface area contributed by atoms with E-state index in [1.807, 2.05) is 0 Å². The van der Waals surface area contributed by atoms with E-state index >= 15 is 0 Å². The van der Waals surface area contributed by atoms with Crippen LogP contribution < -0.4 is 5.73 Å². The van der Waals surface area contributed by atoms with Gasteiger partial charge in [0.15, 0.2) is 9.84 Å². The van der Waals surface area contributed by atoms with E-state index in [1.54, 1.807) is 0 Å². The minimum Gasteiger partial charge on any atom is -0.399 e. The Morgan fingerprint density at radius 1 is 1.40 bits per heavy atom. The molecule has 1 aromatic rings. The van der Waals surface area contributed by atoms with E-state index in [4.69, 9.17) is 17.3 Å². The second kappa shape index (κ2) is 5.18. The van der Waals surface area contributed by atoms with Crippen LogP contribution in [0, 0.1) is 0 Å². The summed E-state index contributed by atoms with van der Waals surface area (Å²) < 4.78 is 48.9. The number of anilines is 1. The maximum atomic E-state index is 12.5. The van der Waals surface area contributed by atoms with E-state index in [0.29, 0.717) is 12.1 Å². The Balaban J connectivity index is 2.35. The Morgan fingerprint density at radius 2 is 2.05 bits per heavy atom. The molecule has 2 rings (SSSR count). The largest absolute Gasteiger partial charge is 0.399 e. The average Bonchev–Trinajstić information content (AvgIpc) is 2.68. The van der Waals surface area contributed by atoms with Gasteiger partial charge in [0.1, 0.15) is 4.90 Å². The van der Waals surface area contributed by atoms with Crippen LogP contribution in [0.1, 0.15) is 6.42 Å². The van der Waals surface area contributed by atoms with Crippen LogP contribution >= 0.6 is 11.6 Å². The molecule has 1 heterocycles. The zero-order chi connectivity index (χ0) is 15.1. The zero-order valence-electron chi connectivity index (χ0n) is 10.8. The van der Waals surface area contributed by atoms with Crippen LogP contribution in [0.4, 0.5) is 5.69 Å². The Bertz CT molecular complexity index is 731. The van der Waals surface area contributed by atoms with E-state index < -0.39 is 25.9 Å². The summed E-state index contributed by atoms with van der Waals surface area (Å²) in [6.45, 7) is 0. The lowest BCUT2D eigenvalue weighted by Gasteiger charge is -2.23. The summed E-state index contributed by atoms with van der Waals surface area (Å²) in [4.78, 5) is -0.0693. The predicted octanol–water partition coefficient (Wildman–Crippen LogP) is 0.730. The molecule has 112 valence electrons. The van der Waals surface area contributed by atoms with Gasteiger partial charge in [0.05, 0.1) is 16.5 Å². The Hall–Kier alpha value is -0.830. The topological polar surface area (TPSA) is 97.5 Å². The molecule has 2 N–H and O–H groups in total. The highest BCUT2D eigenvalue weighted by Crippen LogP contribution is 2.29. The van der Waals surface area contributed by atoms with Crippen molar-refractivity contribution in [1.82, 2.24) is 4.31 Å². The maximum Gasteiger partial charge on any atom is 0.244 e. The fraction of sp³-hybridized carbons (Fsp3) is 0.455. The van der Waals surface area contributed by atoms with Crippen molar-refractivity contribution in [3.8, 4) is 0 Å². The van der Waals surface area contributed by atoms with Gasteiger partial charge in [-0.2, -0.15) is 4.31 Å². The molecule has 20 heavy (non-hydrogen) atoms. The number of nitrogens with zero attached hydrogens (tertiary/aromatic N) is 1. The summed E-state index contributed by atoms with van der Waals surface area (Å²) in [6.07, 6.45) is 0.296. The van der Waals surface area contributed by atoms with Crippen molar-refractivity contribution in [1.29, 1.82) is 0 Å². The lowest BCUT2D eigenvalue weighted by atomic mass is 10.3. The molecule has 0 radical (unpaired) electrons. The molecule has 9 heteroatoms. The summed E-state index contributed by atoms with van der Waals surface area (Å²) in [5.41, 5.74) is 5.89. The van der Waals surface area contributed by atoms with Crippen molar-refractivity contribution >= 4 is 37.1 Å². The van der Waals surface area contributed by atoms with Gasteiger partial charge in [-0.05, 0) is 24.6 Å². The molecule has 1 saturated heterocycles. The van der Waals surface area contributed by atoms with Gasteiger partial charge in [-0.25, -0.2) is 16.8 Å². The van der Waals surface area contributed by atoms with Crippen molar-refractivity contribution < 1.29 is 16.8 Å². The minimum absolute atomic E-state index is 0.00694. The van der Waals surface area contributed by atoms with Gasteiger partial charge in [-0.3, -0.25) is 0 Å². The molecule has 0 spiro atoms. The van der Waals surface area contributed by atoms with Crippen molar-refractivity contribution in [2.45, 2.75) is 17.4 Å². The summed E-state index contributed by atoms with van der Waals surface area (Å²) in [5, 5.41) is 0.0257. The quantitative estimate of drug-likeness (QED) is 0.819. The molecule has 1 atom stereocenters. The van der Waals surface area contributed by atoms with Crippen LogP contribution in [0.25, 0.3) is 0 Å². The number of nitrogen functional groups attached to an aromatic ring is 1. The van der Waals surface area contributed by atoms with Crippen molar-refractivity contribution in [3.05, 3.63) is 23.2 Å². The second-order valence-electron chi connectivity index (χ2n) is 4.77. The molecule has 1 aliphatic rings. The van der Waals surface area contributed by atoms with Gasteiger partial charge in [-0.1, -0.05) is 11.6 Å². The summed E-state index contributed by atoms with van der Waals surface area (Å²) in [5.74, 6) is -0.150. The van der Waals surface area contributed by atoms with Crippen LogP contribution in [-0.2, 0) is 19.9 Å². The van der Waals surface area contributed by atoms with Gasteiger partial charge in [0.2, 0.25) is 10.0 Å². The molecule has 1 unspecified atom stereocenters. The molecule has 1 aromatic carbocycles. The first-order valence-corrected chi connectivity index (χ1v) is 9.51. The first kappa shape index (κ1) is 15.6. The molecule has 1 fully saturated rings. The van der Waals surface area contributed by atoms with E-state index in [2.05, 4.69) is 0 Å². The van der Waals surface area contributed by atoms with Gasteiger partial charge in [0, 0.05) is 18.8 Å². The maximum absolute atomic E-state index is 12.5. The second-order valence-corrected chi connectivity index (χ2v) is 9.37. The molecule has 0 saturated carbocycles. The standard InChI is InChI=1S/C11H15ClN2O4S2/c1-14(9-4-5-19(15,16)7-9)20(17,18)11-3-2-8(13)6-10(11)12/h2-3,6,9H,4-5,7,13H2,1H3. The number of hydrogen-bond acceptors (Lipinski definition) is 5. The average molecular weight is 339 g/mol. The highest BCUT2D eigenvalue weighted by molar-refractivity contribution is 7.92. The Labute approximate surface area is 123 Å². The number of halogens is 1. The lowest BCUT2D eigenvalue weighted by Crippen LogP contribution is -2.37. The monoisotopic (exact) mass is 338 g/mol. The summed E-state index contributed by atoms with van der Waals surface area (Å²) in [6, 6.07) is 3.57. The lowest BCUT2D eigenvalue weighted by molar-refractivity contribution is 0.394.